The third kappa shape index (κ3) is 4.21. The molecule has 0 radical (unpaired) electrons. The minimum atomic E-state index is -0.0698. The van der Waals surface area contributed by atoms with E-state index >= 15 is 0 Å². The van der Waals surface area contributed by atoms with Crippen molar-refractivity contribution in [2.45, 2.75) is 45.1 Å². The number of likely N-dealkylation sites (N-methyl/N-ethyl adjacent to an activating group) is 1. The van der Waals surface area contributed by atoms with Gasteiger partial charge in [-0.2, -0.15) is 0 Å². The smallest absolute Gasteiger partial charge is 0.0959 e. The normalized spacial score (nSPS) is 25.7. The van der Waals surface area contributed by atoms with Gasteiger partial charge in [0.05, 0.1) is 12.2 Å². The molecule has 120 valence electrons. The van der Waals surface area contributed by atoms with Crippen LogP contribution in [-0.2, 0) is 10.3 Å². The van der Waals surface area contributed by atoms with E-state index in [4.69, 9.17) is 4.74 Å². The lowest BCUT2D eigenvalue weighted by atomic mass is 9.71. The summed E-state index contributed by atoms with van der Waals surface area (Å²) in [6, 6.07) is 8.76. The number of benzene rings is 1. The minimum Gasteiger partial charge on any atom is -0.369 e. The van der Waals surface area contributed by atoms with Crippen molar-refractivity contribution in [2.24, 2.45) is 5.92 Å². The maximum atomic E-state index is 6.52. The first-order valence-corrected chi connectivity index (χ1v) is 7.91. The predicted octanol–water partition coefficient (Wildman–Crippen LogP) is 4.40. The van der Waals surface area contributed by atoms with Crippen molar-refractivity contribution in [3.05, 3.63) is 35.4 Å². The van der Waals surface area contributed by atoms with E-state index in [1.165, 1.54) is 30.4 Å². The zero-order chi connectivity index (χ0) is 14.6. The minimum absolute atomic E-state index is 0. The Morgan fingerprint density at radius 3 is 2.57 bits per heavy atom. The van der Waals surface area contributed by atoms with Crippen molar-refractivity contribution in [3.8, 4) is 0 Å². The van der Waals surface area contributed by atoms with Gasteiger partial charge in [-0.1, -0.05) is 44.0 Å². The van der Waals surface area contributed by atoms with Crippen LogP contribution in [0.5, 0.6) is 0 Å². The topological polar surface area (TPSA) is 12.5 Å². The maximum Gasteiger partial charge on any atom is 0.0959 e. The molecule has 1 aromatic carbocycles. The molecule has 1 aliphatic carbocycles. The van der Waals surface area contributed by atoms with E-state index < -0.39 is 0 Å². The maximum absolute atomic E-state index is 6.52. The van der Waals surface area contributed by atoms with Crippen LogP contribution in [0, 0.1) is 12.8 Å². The van der Waals surface area contributed by atoms with Gasteiger partial charge < -0.3 is 9.64 Å². The molecule has 1 saturated carbocycles. The number of aryl methyl sites for hydroxylation is 1. The number of hydrogen-bond donors (Lipinski definition) is 0. The Morgan fingerprint density at radius 1 is 1.24 bits per heavy atom. The Bertz CT molecular complexity index is 435. The second-order valence-electron chi connectivity index (χ2n) is 6.50. The van der Waals surface area contributed by atoms with Gasteiger partial charge in [0, 0.05) is 6.54 Å². The SMILES string of the molecule is Cc1ccccc1C1(OCCN(C)C)CCCCC1C.Cl. The van der Waals surface area contributed by atoms with E-state index in [0.29, 0.717) is 5.92 Å². The zero-order valence-electron chi connectivity index (χ0n) is 13.9. The van der Waals surface area contributed by atoms with Crippen molar-refractivity contribution >= 4 is 12.4 Å². The molecule has 1 aromatic rings. The first-order valence-electron chi connectivity index (χ1n) is 7.91. The molecule has 2 rings (SSSR count). The van der Waals surface area contributed by atoms with Crippen molar-refractivity contribution in [2.75, 3.05) is 27.2 Å². The molecular weight excluding hydrogens is 282 g/mol. The second kappa shape index (κ2) is 8.17. The molecular formula is C18H30ClNO. The first kappa shape index (κ1) is 18.5. The van der Waals surface area contributed by atoms with Crippen LogP contribution in [0.3, 0.4) is 0 Å². The molecule has 21 heavy (non-hydrogen) atoms. The van der Waals surface area contributed by atoms with Gasteiger partial charge in [0.15, 0.2) is 0 Å². The summed E-state index contributed by atoms with van der Waals surface area (Å²) in [7, 11) is 4.21. The average Bonchev–Trinajstić information content (AvgIpc) is 2.41. The molecule has 0 amide bonds. The summed E-state index contributed by atoms with van der Waals surface area (Å²) in [6.07, 6.45) is 5.05. The van der Waals surface area contributed by atoms with Crippen LogP contribution in [0.2, 0.25) is 0 Å². The quantitative estimate of drug-likeness (QED) is 0.799. The van der Waals surface area contributed by atoms with E-state index in [0.717, 1.165) is 19.6 Å². The van der Waals surface area contributed by atoms with Crippen molar-refractivity contribution in [3.63, 3.8) is 0 Å². The van der Waals surface area contributed by atoms with Crippen LogP contribution in [0.1, 0.15) is 43.7 Å². The zero-order valence-corrected chi connectivity index (χ0v) is 14.7. The van der Waals surface area contributed by atoms with Crippen molar-refractivity contribution in [1.82, 2.24) is 4.90 Å². The number of hydrogen-bond acceptors (Lipinski definition) is 2. The first-order chi connectivity index (χ1) is 9.56. The molecule has 0 aromatic heterocycles. The number of halogens is 1. The summed E-state index contributed by atoms with van der Waals surface area (Å²) in [5.74, 6) is 0.597. The van der Waals surface area contributed by atoms with Crippen LogP contribution < -0.4 is 0 Å². The molecule has 2 nitrogen and oxygen atoms in total. The van der Waals surface area contributed by atoms with E-state index in [-0.39, 0.29) is 18.0 Å². The van der Waals surface area contributed by atoms with Crippen LogP contribution >= 0.6 is 12.4 Å². The molecule has 0 saturated heterocycles. The highest BCUT2D eigenvalue weighted by Gasteiger charge is 2.41. The summed E-state index contributed by atoms with van der Waals surface area (Å²) in [4.78, 5) is 2.19. The van der Waals surface area contributed by atoms with Gasteiger partial charge in [-0.05, 0) is 50.9 Å². The fourth-order valence-electron chi connectivity index (χ4n) is 3.47. The monoisotopic (exact) mass is 311 g/mol. The summed E-state index contributed by atoms with van der Waals surface area (Å²) in [5.41, 5.74) is 2.71. The molecule has 0 aliphatic heterocycles. The Labute approximate surface area is 136 Å². The van der Waals surface area contributed by atoms with Crippen LogP contribution in [0.4, 0.5) is 0 Å². The van der Waals surface area contributed by atoms with Gasteiger partial charge in [0.2, 0.25) is 0 Å². The number of ether oxygens (including phenoxy) is 1. The molecule has 1 aliphatic rings. The highest BCUT2D eigenvalue weighted by Crippen LogP contribution is 2.45. The molecule has 0 bridgehead atoms. The third-order valence-corrected chi connectivity index (χ3v) is 4.73. The van der Waals surface area contributed by atoms with Gasteiger partial charge >= 0.3 is 0 Å². The summed E-state index contributed by atoms with van der Waals surface area (Å²) in [6.45, 7) is 6.38. The number of rotatable bonds is 5. The summed E-state index contributed by atoms with van der Waals surface area (Å²) >= 11 is 0. The van der Waals surface area contributed by atoms with E-state index in [9.17, 15) is 0 Å². The van der Waals surface area contributed by atoms with Crippen LogP contribution in [0.15, 0.2) is 24.3 Å². The van der Waals surface area contributed by atoms with Gasteiger partial charge in [-0.15, -0.1) is 12.4 Å². The molecule has 2 atom stereocenters. The van der Waals surface area contributed by atoms with E-state index in [2.05, 4.69) is 57.1 Å². The highest BCUT2D eigenvalue weighted by atomic mass is 35.5. The second-order valence-corrected chi connectivity index (χ2v) is 6.50. The molecule has 0 heterocycles. The summed E-state index contributed by atoms with van der Waals surface area (Å²) < 4.78 is 6.52. The predicted molar refractivity (Wildman–Crippen MR) is 92.2 cm³/mol. The lowest BCUT2D eigenvalue weighted by molar-refractivity contribution is -0.113. The highest BCUT2D eigenvalue weighted by molar-refractivity contribution is 5.85. The largest absolute Gasteiger partial charge is 0.369 e. The fourth-order valence-corrected chi connectivity index (χ4v) is 3.47. The third-order valence-electron chi connectivity index (χ3n) is 4.73. The summed E-state index contributed by atoms with van der Waals surface area (Å²) in [5, 5.41) is 0. The molecule has 0 spiro atoms. The van der Waals surface area contributed by atoms with Gasteiger partial charge in [-0.3, -0.25) is 0 Å². The molecule has 2 unspecified atom stereocenters. The Morgan fingerprint density at radius 2 is 1.95 bits per heavy atom. The standard InChI is InChI=1S/C18H29NO.ClH/c1-15-9-5-6-11-17(15)18(20-14-13-19(3)4)12-8-7-10-16(18)2;/h5-6,9,11,16H,7-8,10,12-14H2,1-4H3;1H. The van der Waals surface area contributed by atoms with E-state index in [1.54, 1.807) is 0 Å². The van der Waals surface area contributed by atoms with Gasteiger partial charge in [0.1, 0.15) is 0 Å². The van der Waals surface area contributed by atoms with Crippen molar-refractivity contribution < 1.29 is 4.74 Å². The Kier molecular flexibility index (Phi) is 7.19. The lowest BCUT2D eigenvalue weighted by Crippen LogP contribution is -2.41. The fraction of sp³-hybridized carbons (Fsp3) is 0.667. The van der Waals surface area contributed by atoms with Crippen LogP contribution in [0.25, 0.3) is 0 Å². The van der Waals surface area contributed by atoms with Crippen LogP contribution in [-0.4, -0.2) is 32.1 Å². The lowest BCUT2D eigenvalue weighted by Gasteiger charge is -2.44. The Hall–Kier alpha value is -0.570. The van der Waals surface area contributed by atoms with Gasteiger partial charge in [0.25, 0.3) is 0 Å². The number of nitrogens with zero attached hydrogens (tertiary/aromatic N) is 1. The molecule has 0 N–H and O–H groups in total. The van der Waals surface area contributed by atoms with Gasteiger partial charge in [-0.25, -0.2) is 0 Å². The van der Waals surface area contributed by atoms with E-state index in [1.807, 2.05) is 0 Å². The molecule has 3 heteroatoms. The average molecular weight is 312 g/mol. The Balaban J connectivity index is 0.00000220. The molecule has 1 fully saturated rings. The van der Waals surface area contributed by atoms with Crippen molar-refractivity contribution in [1.29, 1.82) is 0 Å².